The SMILES string of the molecule is CNCC1CCCCN1S(=O)(=O)NC1CCCCCC1. The Morgan fingerprint density at radius 3 is 2.30 bits per heavy atom. The van der Waals surface area contributed by atoms with Crippen LogP contribution < -0.4 is 10.0 Å². The van der Waals surface area contributed by atoms with Crippen LogP contribution in [-0.4, -0.2) is 44.9 Å². The number of piperidine rings is 1. The van der Waals surface area contributed by atoms with E-state index in [0.717, 1.165) is 51.5 Å². The number of hydrogen-bond acceptors (Lipinski definition) is 3. The van der Waals surface area contributed by atoms with E-state index in [1.165, 1.54) is 12.8 Å². The van der Waals surface area contributed by atoms with E-state index in [9.17, 15) is 8.42 Å². The van der Waals surface area contributed by atoms with Crippen LogP contribution in [-0.2, 0) is 10.2 Å². The van der Waals surface area contributed by atoms with E-state index in [2.05, 4.69) is 10.0 Å². The highest BCUT2D eigenvalue weighted by Gasteiger charge is 2.33. The Kier molecular flexibility index (Phi) is 6.26. The molecule has 0 bridgehead atoms. The maximum Gasteiger partial charge on any atom is 0.279 e. The van der Waals surface area contributed by atoms with Crippen molar-refractivity contribution in [3.63, 3.8) is 0 Å². The molecule has 0 aromatic rings. The predicted octanol–water partition coefficient (Wildman–Crippen LogP) is 1.62. The van der Waals surface area contributed by atoms with Crippen molar-refractivity contribution >= 4 is 10.2 Å². The van der Waals surface area contributed by atoms with Crippen LogP contribution in [0, 0.1) is 0 Å². The molecule has 1 atom stereocenters. The van der Waals surface area contributed by atoms with Gasteiger partial charge in [-0.05, 0) is 32.7 Å². The van der Waals surface area contributed by atoms with Gasteiger partial charge >= 0.3 is 0 Å². The molecule has 0 aromatic carbocycles. The number of hydrogen-bond donors (Lipinski definition) is 2. The van der Waals surface area contributed by atoms with E-state index in [0.29, 0.717) is 6.54 Å². The molecule has 2 rings (SSSR count). The minimum atomic E-state index is -3.33. The third-order valence-electron chi connectivity index (χ3n) is 4.49. The Bertz CT molecular complexity index is 376. The van der Waals surface area contributed by atoms with Crippen molar-refractivity contribution < 1.29 is 8.42 Å². The smallest absolute Gasteiger partial charge is 0.279 e. The van der Waals surface area contributed by atoms with Gasteiger partial charge in [-0.25, -0.2) is 0 Å². The van der Waals surface area contributed by atoms with Gasteiger partial charge in [0.05, 0.1) is 0 Å². The molecule has 2 N–H and O–H groups in total. The molecule has 1 aliphatic carbocycles. The van der Waals surface area contributed by atoms with Crippen molar-refractivity contribution in [2.45, 2.75) is 69.9 Å². The van der Waals surface area contributed by atoms with Crippen molar-refractivity contribution in [1.82, 2.24) is 14.3 Å². The number of likely N-dealkylation sites (N-methyl/N-ethyl adjacent to an activating group) is 1. The Morgan fingerprint density at radius 2 is 1.65 bits per heavy atom. The summed E-state index contributed by atoms with van der Waals surface area (Å²) in [5.74, 6) is 0. The first-order valence-electron chi connectivity index (χ1n) is 8.07. The topological polar surface area (TPSA) is 61.4 Å². The highest BCUT2D eigenvalue weighted by molar-refractivity contribution is 7.87. The van der Waals surface area contributed by atoms with Gasteiger partial charge in [0.25, 0.3) is 10.2 Å². The Hall–Kier alpha value is -0.170. The van der Waals surface area contributed by atoms with E-state index in [1.54, 1.807) is 4.31 Å². The summed E-state index contributed by atoms with van der Waals surface area (Å²) in [4.78, 5) is 0. The molecule has 0 amide bonds. The van der Waals surface area contributed by atoms with Gasteiger partial charge in [-0.15, -0.1) is 0 Å². The molecule has 1 saturated heterocycles. The zero-order valence-corrected chi connectivity index (χ0v) is 13.4. The zero-order valence-electron chi connectivity index (χ0n) is 12.6. The standard InChI is InChI=1S/C14H29N3O2S/c1-15-12-14-10-6-7-11-17(14)20(18,19)16-13-8-4-2-3-5-9-13/h13-16H,2-12H2,1H3. The fourth-order valence-corrected chi connectivity index (χ4v) is 5.14. The molecule has 1 aliphatic heterocycles. The highest BCUT2D eigenvalue weighted by atomic mass is 32.2. The second kappa shape index (κ2) is 7.73. The fraction of sp³-hybridized carbons (Fsp3) is 1.00. The van der Waals surface area contributed by atoms with Crippen molar-refractivity contribution in [1.29, 1.82) is 0 Å². The highest BCUT2D eigenvalue weighted by Crippen LogP contribution is 2.22. The number of nitrogens with one attached hydrogen (secondary N) is 2. The molecule has 20 heavy (non-hydrogen) atoms. The Labute approximate surface area is 123 Å². The third-order valence-corrected chi connectivity index (χ3v) is 6.22. The van der Waals surface area contributed by atoms with E-state index < -0.39 is 10.2 Å². The summed E-state index contributed by atoms with van der Waals surface area (Å²) >= 11 is 0. The molecular formula is C14H29N3O2S. The summed E-state index contributed by atoms with van der Waals surface area (Å²) < 4.78 is 29.9. The summed E-state index contributed by atoms with van der Waals surface area (Å²) in [6, 6.07) is 0.247. The summed E-state index contributed by atoms with van der Waals surface area (Å²) in [7, 11) is -1.44. The molecule has 1 unspecified atom stereocenters. The molecule has 118 valence electrons. The summed E-state index contributed by atoms with van der Waals surface area (Å²) in [5.41, 5.74) is 0. The first-order valence-corrected chi connectivity index (χ1v) is 9.51. The lowest BCUT2D eigenvalue weighted by atomic mass is 10.1. The van der Waals surface area contributed by atoms with E-state index in [4.69, 9.17) is 0 Å². The monoisotopic (exact) mass is 303 g/mol. The van der Waals surface area contributed by atoms with Gasteiger partial charge in [0.2, 0.25) is 0 Å². The second-order valence-electron chi connectivity index (χ2n) is 6.13. The average molecular weight is 303 g/mol. The maximum atomic E-state index is 12.6. The molecule has 5 nitrogen and oxygen atoms in total. The zero-order chi connectivity index (χ0) is 14.4. The second-order valence-corrected chi connectivity index (χ2v) is 7.78. The summed E-state index contributed by atoms with van der Waals surface area (Å²) in [5, 5.41) is 3.12. The van der Waals surface area contributed by atoms with Crippen LogP contribution in [0.5, 0.6) is 0 Å². The van der Waals surface area contributed by atoms with Crippen LogP contribution in [0.1, 0.15) is 57.8 Å². The van der Waals surface area contributed by atoms with Crippen molar-refractivity contribution in [2.75, 3.05) is 20.1 Å². The Balaban J connectivity index is 1.99. The van der Waals surface area contributed by atoms with Gasteiger partial charge in [0.1, 0.15) is 0 Å². The third kappa shape index (κ3) is 4.41. The lowest BCUT2D eigenvalue weighted by molar-refractivity contribution is 0.244. The maximum absolute atomic E-state index is 12.6. The van der Waals surface area contributed by atoms with Gasteiger partial charge in [-0.2, -0.15) is 17.4 Å². The molecular weight excluding hydrogens is 274 g/mol. The van der Waals surface area contributed by atoms with Gasteiger partial charge in [0.15, 0.2) is 0 Å². The number of rotatable bonds is 5. The van der Waals surface area contributed by atoms with Crippen molar-refractivity contribution in [2.24, 2.45) is 0 Å². The van der Waals surface area contributed by atoms with Gasteiger partial charge in [0, 0.05) is 25.2 Å². The lowest BCUT2D eigenvalue weighted by Gasteiger charge is -2.35. The molecule has 0 aromatic heterocycles. The molecule has 1 saturated carbocycles. The predicted molar refractivity (Wildman–Crippen MR) is 81.8 cm³/mol. The van der Waals surface area contributed by atoms with Crippen LogP contribution in [0.15, 0.2) is 0 Å². The van der Waals surface area contributed by atoms with Gasteiger partial charge in [-0.3, -0.25) is 0 Å². The molecule has 0 radical (unpaired) electrons. The fourth-order valence-electron chi connectivity index (χ4n) is 3.41. The van der Waals surface area contributed by atoms with E-state index in [-0.39, 0.29) is 12.1 Å². The minimum absolute atomic E-state index is 0.108. The largest absolute Gasteiger partial charge is 0.318 e. The molecule has 0 spiro atoms. The average Bonchev–Trinajstić information content (AvgIpc) is 2.68. The first kappa shape index (κ1) is 16.2. The molecule has 6 heteroatoms. The summed E-state index contributed by atoms with van der Waals surface area (Å²) in [6.07, 6.45) is 9.82. The first-order chi connectivity index (χ1) is 9.63. The quantitative estimate of drug-likeness (QED) is 0.759. The Morgan fingerprint density at radius 1 is 1.00 bits per heavy atom. The van der Waals surface area contributed by atoms with E-state index >= 15 is 0 Å². The van der Waals surface area contributed by atoms with Crippen LogP contribution >= 0.6 is 0 Å². The van der Waals surface area contributed by atoms with E-state index in [1.807, 2.05) is 7.05 Å². The van der Waals surface area contributed by atoms with Crippen LogP contribution in [0.25, 0.3) is 0 Å². The van der Waals surface area contributed by atoms with Gasteiger partial charge < -0.3 is 5.32 Å². The molecule has 1 heterocycles. The summed E-state index contributed by atoms with van der Waals surface area (Å²) in [6.45, 7) is 1.40. The molecule has 2 fully saturated rings. The number of nitrogens with zero attached hydrogens (tertiary/aromatic N) is 1. The van der Waals surface area contributed by atoms with Crippen LogP contribution in [0.4, 0.5) is 0 Å². The normalized spacial score (nSPS) is 27.4. The van der Waals surface area contributed by atoms with Gasteiger partial charge in [-0.1, -0.05) is 32.1 Å². The minimum Gasteiger partial charge on any atom is -0.318 e. The van der Waals surface area contributed by atoms with Crippen LogP contribution in [0.3, 0.4) is 0 Å². The molecule has 2 aliphatic rings. The van der Waals surface area contributed by atoms with Crippen molar-refractivity contribution in [3.05, 3.63) is 0 Å². The lowest BCUT2D eigenvalue weighted by Crippen LogP contribution is -2.53. The van der Waals surface area contributed by atoms with Crippen LogP contribution in [0.2, 0.25) is 0 Å². The van der Waals surface area contributed by atoms with Crippen molar-refractivity contribution in [3.8, 4) is 0 Å².